The second-order valence-electron chi connectivity index (χ2n) is 3.55. The molecule has 4 nitrogen and oxygen atoms in total. The van der Waals surface area contributed by atoms with Crippen LogP contribution >= 0.6 is 11.3 Å². The van der Waals surface area contributed by atoms with Crippen molar-refractivity contribution < 1.29 is 8.42 Å². The largest absolute Gasteiger partial charge is 0.265 e. The molecule has 0 bridgehead atoms. The van der Waals surface area contributed by atoms with Gasteiger partial charge in [-0.15, -0.1) is 0 Å². The fraction of sp³-hybridized carbons (Fsp3) is 0. The van der Waals surface area contributed by atoms with Crippen LogP contribution in [0.3, 0.4) is 0 Å². The van der Waals surface area contributed by atoms with Crippen LogP contribution in [0.25, 0.3) is 0 Å². The fourth-order valence-corrected chi connectivity index (χ4v) is 3.44. The van der Waals surface area contributed by atoms with E-state index in [0.717, 1.165) is 5.56 Å². The molecule has 1 aromatic carbocycles. The summed E-state index contributed by atoms with van der Waals surface area (Å²) in [6.45, 7) is 0. The number of sulfonamides is 1. The molecule has 0 saturated carbocycles. The summed E-state index contributed by atoms with van der Waals surface area (Å²) in [5, 5.41) is 3.74. The SMILES string of the molecule is O=S1(=O)NC(c2ccsc2)=Nc2ccccc21. The van der Waals surface area contributed by atoms with Crippen LogP contribution in [0.1, 0.15) is 5.56 Å². The number of nitrogens with zero attached hydrogens (tertiary/aromatic N) is 1. The molecule has 0 radical (unpaired) electrons. The Morgan fingerprint density at radius 3 is 2.76 bits per heavy atom. The van der Waals surface area contributed by atoms with Gasteiger partial charge in [-0.3, -0.25) is 4.72 Å². The first-order valence-corrected chi connectivity index (χ1v) is 7.32. The molecule has 0 amide bonds. The van der Waals surface area contributed by atoms with Crippen molar-refractivity contribution in [3.05, 3.63) is 46.7 Å². The van der Waals surface area contributed by atoms with Gasteiger partial charge in [-0.2, -0.15) is 11.3 Å². The summed E-state index contributed by atoms with van der Waals surface area (Å²) >= 11 is 1.50. The molecule has 6 heteroatoms. The number of hydrogen-bond acceptors (Lipinski definition) is 4. The van der Waals surface area contributed by atoms with E-state index < -0.39 is 10.0 Å². The maximum atomic E-state index is 12.0. The Bertz CT molecular complexity index is 688. The number of rotatable bonds is 1. The monoisotopic (exact) mass is 264 g/mol. The molecule has 0 spiro atoms. The average Bonchev–Trinajstić information content (AvgIpc) is 2.81. The molecule has 0 unspecified atom stereocenters. The molecule has 0 atom stereocenters. The van der Waals surface area contributed by atoms with Gasteiger partial charge in [-0.05, 0) is 23.6 Å². The highest BCUT2D eigenvalue weighted by Gasteiger charge is 2.25. The van der Waals surface area contributed by atoms with Crippen LogP contribution in [0.2, 0.25) is 0 Å². The standard InChI is InChI=1S/C11H8N2O2S2/c14-17(15)10-4-2-1-3-9(10)12-11(13-17)8-5-6-16-7-8/h1-7H,(H,12,13). The maximum absolute atomic E-state index is 12.0. The minimum absolute atomic E-state index is 0.221. The molecule has 0 aliphatic carbocycles. The molecule has 2 heterocycles. The van der Waals surface area contributed by atoms with Crippen molar-refractivity contribution in [2.75, 3.05) is 0 Å². The van der Waals surface area contributed by atoms with Crippen molar-refractivity contribution in [2.45, 2.75) is 4.90 Å². The molecule has 1 aliphatic rings. The Morgan fingerprint density at radius 1 is 1.18 bits per heavy atom. The average molecular weight is 264 g/mol. The molecule has 1 aromatic heterocycles. The third-order valence-corrected chi connectivity index (χ3v) is 4.48. The molecule has 0 fully saturated rings. The van der Waals surface area contributed by atoms with Crippen molar-refractivity contribution in [3.63, 3.8) is 0 Å². The molecule has 3 rings (SSSR count). The first-order chi connectivity index (χ1) is 8.17. The summed E-state index contributed by atoms with van der Waals surface area (Å²) in [5.74, 6) is 0.380. The minimum atomic E-state index is -3.49. The molecule has 2 aromatic rings. The van der Waals surface area contributed by atoms with Gasteiger partial charge in [-0.1, -0.05) is 12.1 Å². The van der Waals surface area contributed by atoms with Crippen molar-refractivity contribution in [1.29, 1.82) is 0 Å². The zero-order valence-electron chi connectivity index (χ0n) is 8.62. The molecule has 1 N–H and O–H groups in total. The van der Waals surface area contributed by atoms with Gasteiger partial charge in [0.25, 0.3) is 10.0 Å². The number of thiophene rings is 1. The third-order valence-electron chi connectivity index (χ3n) is 2.41. The Balaban J connectivity index is 2.22. The smallest absolute Gasteiger partial charge is 0.263 e. The molecular formula is C11H8N2O2S2. The van der Waals surface area contributed by atoms with E-state index in [1.807, 2.05) is 16.8 Å². The van der Waals surface area contributed by atoms with Crippen LogP contribution in [0, 0.1) is 0 Å². The molecule has 0 saturated heterocycles. The van der Waals surface area contributed by atoms with Crippen LogP contribution < -0.4 is 4.72 Å². The zero-order valence-corrected chi connectivity index (χ0v) is 10.3. The number of para-hydroxylation sites is 1. The number of hydrogen-bond donors (Lipinski definition) is 1. The van der Waals surface area contributed by atoms with Crippen LogP contribution in [-0.2, 0) is 10.0 Å². The maximum Gasteiger partial charge on any atom is 0.265 e. The highest BCUT2D eigenvalue weighted by atomic mass is 32.2. The lowest BCUT2D eigenvalue weighted by atomic mass is 10.3. The first kappa shape index (κ1) is 10.5. The van der Waals surface area contributed by atoms with Crippen molar-refractivity contribution in [2.24, 2.45) is 4.99 Å². The molecule has 1 aliphatic heterocycles. The Morgan fingerprint density at radius 2 is 2.00 bits per heavy atom. The molecule has 86 valence electrons. The van der Waals surface area contributed by atoms with E-state index in [4.69, 9.17) is 0 Å². The zero-order chi connectivity index (χ0) is 11.9. The van der Waals surface area contributed by atoms with Gasteiger partial charge in [0.05, 0.1) is 5.69 Å². The van der Waals surface area contributed by atoms with Gasteiger partial charge in [0.2, 0.25) is 0 Å². The second kappa shape index (κ2) is 3.68. The molecule has 17 heavy (non-hydrogen) atoms. The number of fused-ring (bicyclic) bond motifs is 1. The van der Waals surface area contributed by atoms with Crippen LogP contribution in [-0.4, -0.2) is 14.3 Å². The van der Waals surface area contributed by atoms with Gasteiger partial charge in [-0.25, -0.2) is 13.4 Å². The van der Waals surface area contributed by atoms with E-state index in [1.54, 1.807) is 24.3 Å². The van der Waals surface area contributed by atoms with Gasteiger partial charge in [0, 0.05) is 10.9 Å². The summed E-state index contributed by atoms with van der Waals surface area (Å²) in [6.07, 6.45) is 0. The summed E-state index contributed by atoms with van der Waals surface area (Å²) in [7, 11) is -3.49. The van der Waals surface area contributed by atoms with E-state index in [9.17, 15) is 8.42 Å². The van der Waals surface area contributed by atoms with Crippen molar-refractivity contribution in [1.82, 2.24) is 4.72 Å². The second-order valence-corrected chi connectivity index (χ2v) is 5.98. The van der Waals surface area contributed by atoms with Gasteiger partial charge in [0.15, 0.2) is 0 Å². The van der Waals surface area contributed by atoms with Crippen molar-refractivity contribution >= 4 is 32.9 Å². The summed E-state index contributed by atoms with van der Waals surface area (Å²) in [5.41, 5.74) is 1.26. The normalized spacial score (nSPS) is 16.8. The lowest BCUT2D eigenvalue weighted by Gasteiger charge is -2.16. The lowest BCUT2D eigenvalue weighted by molar-refractivity contribution is 0.592. The number of benzene rings is 1. The number of nitrogens with one attached hydrogen (secondary N) is 1. The topological polar surface area (TPSA) is 58.5 Å². The Kier molecular flexibility index (Phi) is 2.27. The minimum Gasteiger partial charge on any atom is -0.263 e. The Hall–Kier alpha value is -1.66. The predicted molar refractivity (Wildman–Crippen MR) is 67.3 cm³/mol. The van der Waals surface area contributed by atoms with Crippen LogP contribution in [0.15, 0.2) is 51.0 Å². The van der Waals surface area contributed by atoms with Crippen LogP contribution in [0.4, 0.5) is 5.69 Å². The van der Waals surface area contributed by atoms with E-state index in [1.165, 1.54) is 11.3 Å². The number of amidine groups is 1. The van der Waals surface area contributed by atoms with E-state index in [2.05, 4.69) is 9.71 Å². The lowest BCUT2D eigenvalue weighted by Crippen LogP contribution is -2.33. The van der Waals surface area contributed by atoms with Crippen molar-refractivity contribution in [3.8, 4) is 0 Å². The Labute approximate surface area is 103 Å². The highest BCUT2D eigenvalue weighted by molar-refractivity contribution is 7.90. The van der Waals surface area contributed by atoms with Gasteiger partial charge in [0.1, 0.15) is 10.7 Å². The van der Waals surface area contributed by atoms with E-state index >= 15 is 0 Å². The first-order valence-electron chi connectivity index (χ1n) is 4.90. The molecular weight excluding hydrogens is 256 g/mol. The van der Waals surface area contributed by atoms with E-state index in [-0.39, 0.29) is 4.90 Å². The summed E-state index contributed by atoms with van der Waals surface area (Å²) < 4.78 is 26.5. The van der Waals surface area contributed by atoms with E-state index in [0.29, 0.717) is 11.5 Å². The van der Waals surface area contributed by atoms with Crippen LogP contribution in [0.5, 0.6) is 0 Å². The fourth-order valence-electron chi connectivity index (χ4n) is 1.62. The predicted octanol–water partition coefficient (Wildman–Crippen LogP) is 2.12. The van der Waals surface area contributed by atoms with Gasteiger partial charge >= 0.3 is 0 Å². The third kappa shape index (κ3) is 1.75. The number of aliphatic imine (C=N–C) groups is 1. The summed E-state index contributed by atoms with van der Waals surface area (Å²) in [6, 6.07) is 8.53. The quantitative estimate of drug-likeness (QED) is 0.857. The highest BCUT2D eigenvalue weighted by Crippen LogP contribution is 2.28. The summed E-state index contributed by atoms with van der Waals surface area (Å²) in [4.78, 5) is 4.54. The van der Waals surface area contributed by atoms with Gasteiger partial charge < -0.3 is 0 Å².